The highest BCUT2D eigenvalue weighted by molar-refractivity contribution is 14.1. The van der Waals surface area contributed by atoms with Crippen LogP contribution in [0.25, 0.3) is 0 Å². The molecule has 0 N–H and O–H groups in total. The fraction of sp³-hybridized carbons (Fsp3) is 0.200. The van der Waals surface area contributed by atoms with Gasteiger partial charge in [0.25, 0.3) is 0 Å². The van der Waals surface area contributed by atoms with Crippen LogP contribution in [0.2, 0.25) is 0 Å². The average Bonchev–Trinajstić information content (AvgIpc) is 2.25. The molecule has 0 unspecified atom stereocenters. The molecule has 1 aromatic rings. The lowest BCUT2D eigenvalue weighted by Crippen LogP contribution is -2.16. The third kappa shape index (κ3) is 2.88. The van der Waals surface area contributed by atoms with E-state index in [0.29, 0.717) is 0 Å². The highest BCUT2D eigenvalue weighted by atomic mass is 127. The molecule has 7 heteroatoms. The maximum atomic E-state index is 12.7. The first-order chi connectivity index (χ1) is 7.81. The van der Waals surface area contributed by atoms with Gasteiger partial charge in [-0.15, -0.1) is 0 Å². The normalized spacial score (nSPS) is 10.8. The number of alkyl halides is 3. The number of nitrogens with zero attached hydrogens (tertiary/aromatic N) is 1. The Kier molecular flexibility index (Phi) is 3.98. The molecular formula is C10H5F3INO2. The van der Waals surface area contributed by atoms with Crippen molar-refractivity contribution in [2.24, 2.45) is 0 Å². The van der Waals surface area contributed by atoms with Crippen LogP contribution in [0.5, 0.6) is 0 Å². The van der Waals surface area contributed by atoms with Crippen molar-refractivity contribution in [2.75, 3.05) is 7.11 Å². The van der Waals surface area contributed by atoms with E-state index in [9.17, 15) is 18.0 Å². The van der Waals surface area contributed by atoms with Gasteiger partial charge in [0.2, 0.25) is 0 Å². The Morgan fingerprint density at radius 3 is 2.47 bits per heavy atom. The summed E-state index contributed by atoms with van der Waals surface area (Å²) in [5.41, 5.74) is -2.26. The fourth-order valence-electron chi connectivity index (χ4n) is 1.24. The topological polar surface area (TPSA) is 50.1 Å². The molecule has 0 heterocycles. The van der Waals surface area contributed by atoms with Gasteiger partial charge >= 0.3 is 12.1 Å². The number of benzene rings is 1. The molecule has 0 saturated heterocycles. The van der Waals surface area contributed by atoms with Gasteiger partial charge in [-0.25, -0.2) is 4.79 Å². The number of rotatable bonds is 1. The molecule has 0 amide bonds. The molecule has 17 heavy (non-hydrogen) atoms. The van der Waals surface area contributed by atoms with E-state index >= 15 is 0 Å². The second-order valence-corrected chi connectivity index (χ2v) is 4.22. The van der Waals surface area contributed by atoms with E-state index < -0.39 is 23.3 Å². The Morgan fingerprint density at radius 1 is 1.47 bits per heavy atom. The molecule has 0 radical (unpaired) electrons. The first-order valence-corrected chi connectivity index (χ1v) is 5.28. The Labute approximate surface area is 108 Å². The number of hydrogen-bond donors (Lipinski definition) is 0. The van der Waals surface area contributed by atoms with E-state index in [2.05, 4.69) is 4.74 Å². The standard InChI is InChI=1S/C10H5F3INO2/c1-17-9(16)8-5(4-15)2-6(14)3-7(8)10(11,12)13/h2-3H,1H3. The summed E-state index contributed by atoms with van der Waals surface area (Å²) in [4.78, 5) is 11.3. The van der Waals surface area contributed by atoms with Crippen LogP contribution < -0.4 is 0 Å². The van der Waals surface area contributed by atoms with Crippen LogP contribution in [-0.4, -0.2) is 13.1 Å². The molecule has 0 bridgehead atoms. The van der Waals surface area contributed by atoms with E-state index in [1.54, 1.807) is 28.7 Å². The van der Waals surface area contributed by atoms with Gasteiger partial charge in [-0.3, -0.25) is 0 Å². The van der Waals surface area contributed by atoms with Crippen molar-refractivity contribution in [1.29, 1.82) is 5.26 Å². The van der Waals surface area contributed by atoms with Crippen LogP contribution >= 0.6 is 22.6 Å². The molecule has 0 saturated carbocycles. The van der Waals surface area contributed by atoms with Crippen molar-refractivity contribution in [2.45, 2.75) is 6.18 Å². The molecule has 1 aromatic carbocycles. The summed E-state index contributed by atoms with van der Waals surface area (Å²) in [6.07, 6.45) is -4.71. The molecule has 0 aromatic heterocycles. The SMILES string of the molecule is COC(=O)c1c(C#N)cc(I)cc1C(F)(F)F. The van der Waals surface area contributed by atoms with Crippen molar-refractivity contribution < 1.29 is 22.7 Å². The minimum Gasteiger partial charge on any atom is -0.465 e. The minimum atomic E-state index is -4.71. The molecule has 0 aliphatic carbocycles. The lowest BCUT2D eigenvalue weighted by atomic mass is 10.0. The monoisotopic (exact) mass is 355 g/mol. The molecule has 0 aliphatic rings. The smallest absolute Gasteiger partial charge is 0.417 e. The Balaban J connectivity index is 3.63. The van der Waals surface area contributed by atoms with Crippen molar-refractivity contribution in [3.8, 4) is 6.07 Å². The Morgan fingerprint density at radius 2 is 2.06 bits per heavy atom. The van der Waals surface area contributed by atoms with Crippen LogP contribution in [0.1, 0.15) is 21.5 Å². The van der Waals surface area contributed by atoms with Gasteiger partial charge in [0.05, 0.1) is 23.8 Å². The van der Waals surface area contributed by atoms with Crippen LogP contribution in [-0.2, 0) is 10.9 Å². The Bertz CT molecular complexity index is 505. The zero-order valence-electron chi connectivity index (χ0n) is 8.43. The molecule has 3 nitrogen and oxygen atoms in total. The molecule has 0 atom stereocenters. The third-order valence-electron chi connectivity index (χ3n) is 1.92. The predicted octanol–water partition coefficient (Wildman–Crippen LogP) is 2.97. The zero-order valence-corrected chi connectivity index (χ0v) is 10.6. The second kappa shape index (κ2) is 4.91. The van der Waals surface area contributed by atoms with E-state index in [1.807, 2.05) is 0 Å². The highest BCUT2D eigenvalue weighted by Crippen LogP contribution is 2.35. The van der Waals surface area contributed by atoms with Gasteiger partial charge in [-0.05, 0) is 34.7 Å². The van der Waals surface area contributed by atoms with Crippen LogP contribution in [0, 0.1) is 14.9 Å². The third-order valence-corrected chi connectivity index (χ3v) is 2.54. The zero-order chi connectivity index (χ0) is 13.2. The van der Waals surface area contributed by atoms with Crippen LogP contribution in [0.4, 0.5) is 13.2 Å². The molecule has 0 spiro atoms. The maximum Gasteiger partial charge on any atom is 0.417 e. The van der Waals surface area contributed by atoms with E-state index in [4.69, 9.17) is 5.26 Å². The lowest BCUT2D eigenvalue weighted by Gasteiger charge is -2.13. The van der Waals surface area contributed by atoms with Gasteiger partial charge in [0.15, 0.2) is 0 Å². The lowest BCUT2D eigenvalue weighted by molar-refractivity contribution is -0.138. The molecule has 1 rings (SSSR count). The number of halogens is 4. The van der Waals surface area contributed by atoms with Gasteiger partial charge in [0, 0.05) is 3.57 Å². The van der Waals surface area contributed by atoms with Gasteiger partial charge < -0.3 is 4.74 Å². The van der Waals surface area contributed by atoms with Crippen molar-refractivity contribution in [1.82, 2.24) is 0 Å². The summed E-state index contributed by atoms with van der Waals surface area (Å²) < 4.78 is 42.6. The first-order valence-electron chi connectivity index (χ1n) is 4.20. The van der Waals surface area contributed by atoms with Crippen LogP contribution in [0.15, 0.2) is 12.1 Å². The number of esters is 1. The van der Waals surface area contributed by atoms with Gasteiger partial charge in [-0.2, -0.15) is 18.4 Å². The molecule has 0 aliphatic heterocycles. The van der Waals surface area contributed by atoms with Crippen molar-refractivity contribution >= 4 is 28.6 Å². The number of methoxy groups -OCH3 is 1. The van der Waals surface area contributed by atoms with E-state index in [-0.39, 0.29) is 9.13 Å². The first kappa shape index (κ1) is 13.8. The van der Waals surface area contributed by atoms with Gasteiger partial charge in [0.1, 0.15) is 6.07 Å². The Hall–Kier alpha value is -1.30. The summed E-state index contributed by atoms with van der Waals surface area (Å²) in [5, 5.41) is 8.75. The summed E-state index contributed by atoms with van der Waals surface area (Å²) in [7, 11) is 0.960. The van der Waals surface area contributed by atoms with E-state index in [0.717, 1.165) is 13.2 Å². The number of carbonyl (C=O) groups is 1. The largest absolute Gasteiger partial charge is 0.465 e. The number of ether oxygens (including phenoxy) is 1. The minimum absolute atomic E-state index is 0.221. The summed E-state index contributed by atoms with van der Waals surface area (Å²) in [6.45, 7) is 0. The number of hydrogen-bond acceptors (Lipinski definition) is 3. The average molecular weight is 355 g/mol. The summed E-state index contributed by atoms with van der Waals surface area (Å²) >= 11 is 1.64. The number of nitriles is 1. The highest BCUT2D eigenvalue weighted by Gasteiger charge is 2.37. The quantitative estimate of drug-likeness (QED) is 0.575. The van der Waals surface area contributed by atoms with Gasteiger partial charge in [-0.1, -0.05) is 0 Å². The summed E-state index contributed by atoms with van der Waals surface area (Å²) in [5.74, 6) is -1.18. The summed E-state index contributed by atoms with van der Waals surface area (Å²) in [6, 6.07) is 3.55. The molecular weight excluding hydrogens is 350 g/mol. The van der Waals surface area contributed by atoms with E-state index in [1.165, 1.54) is 6.07 Å². The maximum absolute atomic E-state index is 12.7. The molecule has 0 fully saturated rings. The van der Waals surface area contributed by atoms with Crippen LogP contribution in [0.3, 0.4) is 0 Å². The van der Waals surface area contributed by atoms with Crippen molar-refractivity contribution in [3.05, 3.63) is 32.4 Å². The number of carbonyl (C=O) groups excluding carboxylic acids is 1. The fourth-order valence-corrected chi connectivity index (χ4v) is 1.86. The second-order valence-electron chi connectivity index (χ2n) is 2.98. The molecule has 90 valence electrons. The predicted molar refractivity (Wildman–Crippen MR) is 60.2 cm³/mol. The van der Waals surface area contributed by atoms with Crippen molar-refractivity contribution in [3.63, 3.8) is 0 Å².